The van der Waals surface area contributed by atoms with Gasteiger partial charge in [-0.2, -0.15) is 5.10 Å². The Balaban J connectivity index is 1.46. The van der Waals surface area contributed by atoms with E-state index >= 15 is 0 Å². The number of ether oxygens (including phenoxy) is 1. The van der Waals surface area contributed by atoms with Crippen molar-refractivity contribution in [3.05, 3.63) is 76.6 Å². The molecule has 170 valence electrons. The van der Waals surface area contributed by atoms with E-state index in [0.29, 0.717) is 46.8 Å². The van der Waals surface area contributed by atoms with Crippen LogP contribution in [0.5, 0.6) is 5.75 Å². The summed E-state index contributed by atoms with van der Waals surface area (Å²) in [4.78, 5) is 37.1. The molecule has 0 fully saturated rings. The van der Waals surface area contributed by atoms with Crippen LogP contribution >= 0.6 is 0 Å². The van der Waals surface area contributed by atoms with E-state index in [-0.39, 0.29) is 11.5 Å². The third-order valence-corrected chi connectivity index (χ3v) is 5.21. The number of fused-ring (bicyclic) bond motifs is 1. The van der Waals surface area contributed by atoms with Gasteiger partial charge in [-0.3, -0.25) is 25.2 Å². The summed E-state index contributed by atoms with van der Waals surface area (Å²) in [6, 6.07) is 9.60. The fraction of sp³-hybridized carbons (Fsp3) is 0.217. The highest BCUT2D eigenvalue weighted by molar-refractivity contribution is 6.07. The molecular formula is C23H22N4O6. The molecule has 3 aromatic rings. The molecule has 1 aliphatic carbocycles. The molecule has 0 saturated heterocycles. The van der Waals surface area contributed by atoms with E-state index in [1.165, 1.54) is 19.4 Å². The molecule has 2 heterocycles. The molecule has 4 rings (SSSR count). The Hall–Kier alpha value is -4.34. The second-order valence-corrected chi connectivity index (χ2v) is 7.32. The van der Waals surface area contributed by atoms with Crippen LogP contribution in [0.1, 0.15) is 61.2 Å². The molecule has 0 atom stereocenters. The van der Waals surface area contributed by atoms with Crippen molar-refractivity contribution >= 4 is 23.4 Å². The van der Waals surface area contributed by atoms with Crippen molar-refractivity contribution in [2.75, 3.05) is 7.11 Å². The summed E-state index contributed by atoms with van der Waals surface area (Å²) in [5.74, 6) is -0.110. The average Bonchev–Trinajstić information content (AvgIpc) is 3.50. The lowest BCUT2D eigenvalue weighted by Crippen LogP contribution is -2.41. The topological polar surface area (TPSA) is 135 Å². The molecule has 0 bridgehead atoms. The van der Waals surface area contributed by atoms with Gasteiger partial charge in [-0.05, 0) is 56.2 Å². The van der Waals surface area contributed by atoms with E-state index in [1.807, 2.05) is 0 Å². The van der Waals surface area contributed by atoms with Crippen LogP contribution < -0.4 is 21.0 Å². The number of nitrogens with zero attached hydrogens (tertiary/aromatic N) is 1. The van der Waals surface area contributed by atoms with E-state index in [1.54, 1.807) is 37.3 Å². The normalized spacial score (nSPS) is 13.8. The highest BCUT2D eigenvalue weighted by Gasteiger charge is 2.28. The Bertz CT molecular complexity index is 1210. The predicted octanol–water partition coefficient (Wildman–Crippen LogP) is 2.73. The Morgan fingerprint density at radius 3 is 2.45 bits per heavy atom. The lowest BCUT2D eigenvalue weighted by molar-refractivity contribution is 0.0829. The number of nitrogens with one attached hydrogen (secondary N) is 3. The quantitative estimate of drug-likeness (QED) is 0.512. The Morgan fingerprint density at radius 2 is 1.76 bits per heavy atom. The van der Waals surface area contributed by atoms with E-state index < -0.39 is 17.7 Å². The molecule has 33 heavy (non-hydrogen) atoms. The molecule has 3 N–H and O–H groups in total. The van der Waals surface area contributed by atoms with Crippen LogP contribution in [0.25, 0.3) is 0 Å². The Morgan fingerprint density at radius 1 is 1.00 bits per heavy atom. The molecule has 0 radical (unpaired) electrons. The summed E-state index contributed by atoms with van der Waals surface area (Å²) in [5, 5.41) is 4.23. The third kappa shape index (κ3) is 4.64. The van der Waals surface area contributed by atoms with Gasteiger partial charge in [0, 0.05) is 23.1 Å². The molecule has 10 nitrogen and oxygen atoms in total. The second kappa shape index (κ2) is 9.43. The highest BCUT2D eigenvalue weighted by atomic mass is 16.5. The van der Waals surface area contributed by atoms with Crippen LogP contribution in [-0.2, 0) is 6.42 Å². The minimum atomic E-state index is -0.595. The van der Waals surface area contributed by atoms with Crippen molar-refractivity contribution in [2.45, 2.75) is 26.2 Å². The molecule has 0 spiro atoms. The van der Waals surface area contributed by atoms with Crippen molar-refractivity contribution in [1.82, 2.24) is 16.3 Å². The van der Waals surface area contributed by atoms with Gasteiger partial charge in [-0.1, -0.05) is 0 Å². The summed E-state index contributed by atoms with van der Waals surface area (Å²) >= 11 is 0. The molecule has 0 saturated carbocycles. The van der Waals surface area contributed by atoms with Crippen molar-refractivity contribution in [3.8, 4) is 5.75 Å². The van der Waals surface area contributed by atoms with Gasteiger partial charge in [0.1, 0.15) is 11.5 Å². The van der Waals surface area contributed by atoms with Crippen molar-refractivity contribution in [3.63, 3.8) is 0 Å². The number of carbonyl (C=O) groups excluding carboxylic acids is 3. The van der Waals surface area contributed by atoms with Crippen molar-refractivity contribution < 1.29 is 28.0 Å². The van der Waals surface area contributed by atoms with Gasteiger partial charge in [0.25, 0.3) is 5.91 Å². The summed E-state index contributed by atoms with van der Waals surface area (Å²) < 4.78 is 15.9. The van der Waals surface area contributed by atoms with E-state index in [4.69, 9.17) is 13.6 Å². The number of amides is 3. The Labute approximate surface area is 188 Å². The SMILES string of the molecule is COc1ccc(C(=O)NNC(=O)c2oc3c(c2C)/C(=N/NC(=O)c2ccco2)CCC3)cc1. The maximum atomic E-state index is 12.7. The number of hydrogen-bond acceptors (Lipinski definition) is 7. The summed E-state index contributed by atoms with van der Waals surface area (Å²) in [7, 11) is 1.53. The fourth-order valence-electron chi connectivity index (χ4n) is 3.56. The molecule has 10 heteroatoms. The van der Waals surface area contributed by atoms with Gasteiger partial charge < -0.3 is 13.6 Å². The number of methoxy groups -OCH3 is 1. The number of hydrazone groups is 1. The van der Waals surface area contributed by atoms with E-state index in [2.05, 4.69) is 21.4 Å². The van der Waals surface area contributed by atoms with Crippen LogP contribution in [0.3, 0.4) is 0 Å². The first kappa shape index (κ1) is 21.9. The molecule has 2 aromatic heterocycles. The van der Waals surface area contributed by atoms with Gasteiger partial charge >= 0.3 is 11.8 Å². The largest absolute Gasteiger partial charge is 0.497 e. The lowest BCUT2D eigenvalue weighted by atomic mass is 9.93. The number of furan rings is 2. The fourth-order valence-corrected chi connectivity index (χ4v) is 3.56. The molecule has 1 aliphatic rings. The zero-order valence-electron chi connectivity index (χ0n) is 18.1. The standard InChI is InChI=1S/C23H22N4O6/c1-13-19-16(24-26-22(29)18-7-4-12-32-18)5-3-6-17(19)33-20(13)23(30)27-25-21(28)14-8-10-15(31-2)11-9-14/h4,7-12H,3,5-6H2,1-2H3,(H,25,28)(H,26,29)(H,27,30)/b24-16+. The Kier molecular flexibility index (Phi) is 6.25. The third-order valence-electron chi connectivity index (χ3n) is 5.21. The minimum Gasteiger partial charge on any atom is -0.497 e. The zero-order valence-corrected chi connectivity index (χ0v) is 18.1. The molecule has 1 aromatic carbocycles. The number of hydrazine groups is 1. The van der Waals surface area contributed by atoms with Gasteiger partial charge in [-0.15, -0.1) is 0 Å². The van der Waals surface area contributed by atoms with Crippen LogP contribution in [-0.4, -0.2) is 30.5 Å². The predicted molar refractivity (Wildman–Crippen MR) is 117 cm³/mol. The number of benzene rings is 1. The van der Waals surface area contributed by atoms with Crippen molar-refractivity contribution in [2.24, 2.45) is 5.10 Å². The van der Waals surface area contributed by atoms with Crippen LogP contribution in [0.4, 0.5) is 0 Å². The number of carbonyl (C=O) groups is 3. The first-order valence-electron chi connectivity index (χ1n) is 10.3. The molecule has 0 unspecified atom stereocenters. The second-order valence-electron chi connectivity index (χ2n) is 7.32. The first-order chi connectivity index (χ1) is 16.0. The van der Waals surface area contributed by atoms with Gasteiger partial charge in [0.2, 0.25) is 0 Å². The molecular weight excluding hydrogens is 428 g/mol. The van der Waals surface area contributed by atoms with Crippen LogP contribution in [0.15, 0.2) is 56.6 Å². The van der Waals surface area contributed by atoms with Gasteiger partial charge in [0.15, 0.2) is 11.5 Å². The number of rotatable bonds is 5. The van der Waals surface area contributed by atoms with E-state index in [0.717, 1.165) is 6.42 Å². The molecule has 3 amide bonds. The highest BCUT2D eigenvalue weighted by Crippen LogP contribution is 2.29. The minimum absolute atomic E-state index is 0.0713. The zero-order chi connectivity index (χ0) is 23.4. The van der Waals surface area contributed by atoms with E-state index in [9.17, 15) is 14.4 Å². The van der Waals surface area contributed by atoms with Gasteiger partial charge in [-0.25, -0.2) is 5.43 Å². The van der Waals surface area contributed by atoms with Crippen LogP contribution in [0, 0.1) is 6.92 Å². The average molecular weight is 450 g/mol. The monoisotopic (exact) mass is 450 g/mol. The summed E-state index contributed by atoms with van der Waals surface area (Å²) in [6.45, 7) is 1.73. The molecule has 0 aliphatic heterocycles. The number of hydrogen-bond donors (Lipinski definition) is 3. The first-order valence-corrected chi connectivity index (χ1v) is 10.3. The number of aryl methyl sites for hydroxylation is 1. The van der Waals surface area contributed by atoms with Crippen molar-refractivity contribution in [1.29, 1.82) is 0 Å². The smallest absolute Gasteiger partial charge is 0.307 e. The summed E-state index contributed by atoms with van der Waals surface area (Å²) in [5.41, 5.74) is 9.45. The maximum absolute atomic E-state index is 12.7. The maximum Gasteiger partial charge on any atom is 0.307 e. The van der Waals surface area contributed by atoms with Gasteiger partial charge in [0.05, 0.1) is 19.1 Å². The lowest BCUT2D eigenvalue weighted by Gasteiger charge is -2.13. The van der Waals surface area contributed by atoms with Crippen LogP contribution in [0.2, 0.25) is 0 Å². The summed E-state index contributed by atoms with van der Waals surface area (Å²) in [6.07, 6.45) is 3.40.